The Kier molecular flexibility index (Phi) is 6.25. The van der Waals surface area contributed by atoms with E-state index < -0.39 is 0 Å². The molecule has 46 heavy (non-hydrogen) atoms. The monoisotopic (exact) mass is 582 g/mol. The van der Waals surface area contributed by atoms with E-state index in [0.29, 0.717) is 0 Å². The van der Waals surface area contributed by atoms with Crippen molar-refractivity contribution in [2.75, 3.05) is 0 Å². The zero-order chi connectivity index (χ0) is 30.5. The second kappa shape index (κ2) is 10.9. The Bertz CT molecular complexity index is 2570. The fourth-order valence-electron chi connectivity index (χ4n) is 6.85. The van der Waals surface area contributed by atoms with Crippen LogP contribution in [0.25, 0.3) is 87.6 Å². The van der Waals surface area contributed by atoms with E-state index in [4.69, 9.17) is 0 Å². The number of fused-ring (bicyclic) bond motifs is 4. The van der Waals surface area contributed by atoms with Crippen LogP contribution in [0.5, 0.6) is 0 Å². The summed E-state index contributed by atoms with van der Waals surface area (Å²) < 4.78 is 0. The molecule has 0 amide bonds. The van der Waals surface area contributed by atoms with Gasteiger partial charge in [0.25, 0.3) is 0 Å². The fraction of sp³-hybridized carbons (Fsp3) is 0. The van der Waals surface area contributed by atoms with Crippen LogP contribution in [-0.4, -0.2) is 0 Å². The van der Waals surface area contributed by atoms with Crippen LogP contribution in [0.4, 0.5) is 0 Å². The summed E-state index contributed by atoms with van der Waals surface area (Å²) in [7, 11) is 0. The summed E-state index contributed by atoms with van der Waals surface area (Å²) in [6.07, 6.45) is 0. The van der Waals surface area contributed by atoms with E-state index in [0.717, 1.165) is 0 Å². The number of benzene rings is 9. The Hall–Kier alpha value is -5.98. The molecule has 9 aromatic rings. The van der Waals surface area contributed by atoms with Gasteiger partial charge in [0.15, 0.2) is 0 Å². The molecule has 0 unspecified atom stereocenters. The Morgan fingerprint density at radius 2 is 0.478 bits per heavy atom. The summed E-state index contributed by atoms with van der Waals surface area (Å²) in [5.41, 5.74) is 9.83. The van der Waals surface area contributed by atoms with Gasteiger partial charge < -0.3 is 0 Å². The summed E-state index contributed by atoms with van der Waals surface area (Å²) in [6.45, 7) is 0. The first kappa shape index (κ1) is 26.4. The minimum absolute atomic E-state index is 1.22. The van der Waals surface area contributed by atoms with Crippen LogP contribution in [-0.2, 0) is 0 Å². The summed E-state index contributed by atoms with van der Waals surface area (Å²) in [5.74, 6) is 0. The summed E-state index contributed by atoms with van der Waals surface area (Å²) in [4.78, 5) is 0. The van der Waals surface area contributed by atoms with Gasteiger partial charge in [-0.25, -0.2) is 0 Å². The van der Waals surface area contributed by atoms with Gasteiger partial charge in [-0.05, 0) is 142 Å². The smallest absolute Gasteiger partial charge is 0.0171 e. The average Bonchev–Trinajstić information content (AvgIpc) is 3.13. The third-order valence-corrected chi connectivity index (χ3v) is 9.33. The highest BCUT2D eigenvalue weighted by atomic mass is 14.1. The lowest BCUT2D eigenvalue weighted by Gasteiger charge is -2.13. The van der Waals surface area contributed by atoms with Gasteiger partial charge in [-0.3, -0.25) is 0 Å². The van der Waals surface area contributed by atoms with Crippen molar-refractivity contribution in [1.29, 1.82) is 0 Å². The standard InChI is InChI=1S/C46H30/c1-2-8-31(9-3-1)42-28-45(38-17-15-33-11-5-7-13-35(33)23-38)30-46(29-42)41-21-20-40-25-43-24-37(18-19-39(43)26-44(40)27-41)36-16-14-32-10-4-6-12-34(32)22-36/h1-30H. The van der Waals surface area contributed by atoms with Crippen LogP contribution in [0.3, 0.4) is 0 Å². The lowest BCUT2D eigenvalue weighted by atomic mass is 9.91. The molecule has 0 aliphatic carbocycles. The molecule has 0 N–H and O–H groups in total. The van der Waals surface area contributed by atoms with Crippen molar-refractivity contribution in [1.82, 2.24) is 0 Å². The van der Waals surface area contributed by atoms with Crippen molar-refractivity contribution >= 4 is 43.1 Å². The summed E-state index contributed by atoms with van der Waals surface area (Å²) in [5, 5.41) is 10.1. The molecule has 0 aliphatic rings. The summed E-state index contributed by atoms with van der Waals surface area (Å²) >= 11 is 0. The lowest BCUT2D eigenvalue weighted by molar-refractivity contribution is 1.58. The molecule has 0 nitrogen and oxygen atoms in total. The first-order valence-electron chi connectivity index (χ1n) is 15.9. The van der Waals surface area contributed by atoms with E-state index in [1.165, 1.54) is 87.6 Å². The van der Waals surface area contributed by atoms with E-state index in [1.807, 2.05) is 0 Å². The minimum Gasteiger partial charge on any atom is -0.0622 e. The van der Waals surface area contributed by atoms with Crippen molar-refractivity contribution in [2.45, 2.75) is 0 Å². The van der Waals surface area contributed by atoms with E-state index in [9.17, 15) is 0 Å². The van der Waals surface area contributed by atoms with E-state index >= 15 is 0 Å². The van der Waals surface area contributed by atoms with Crippen LogP contribution in [0.2, 0.25) is 0 Å². The molecule has 9 rings (SSSR count). The second-order valence-electron chi connectivity index (χ2n) is 12.3. The van der Waals surface area contributed by atoms with E-state index in [1.54, 1.807) is 0 Å². The maximum atomic E-state index is 2.35. The predicted octanol–water partition coefficient (Wildman–Crippen LogP) is 13.0. The van der Waals surface area contributed by atoms with Crippen molar-refractivity contribution < 1.29 is 0 Å². The van der Waals surface area contributed by atoms with Gasteiger partial charge in [0.05, 0.1) is 0 Å². The first-order valence-corrected chi connectivity index (χ1v) is 15.9. The van der Waals surface area contributed by atoms with Crippen LogP contribution < -0.4 is 0 Å². The molecular weight excluding hydrogens is 553 g/mol. The number of rotatable bonds is 4. The molecule has 0 aliphatic heterocycles. The quantitative estimate of drug-likeness (QED) is 0.181. The van der Waals surface area contributed by atoms with Crippen molar-refractivity contribution in [2.24, 2.45) is 0 Å². The number of hydrogen-bond acceptors (Lipinski definition) is 0. The van der Waals surface area contributed by atoms with Crippen LogP contribution in [0.15, 0.2) is 182 Å². The largest absolute Gasteiger partial charge is 0.0622 e. The van der Waals surface area contributed by atoms with Crippen molar-refractivity contribution in [3.63, 3.8) is 0 Å². The summed E-state index contributed by atoms with van der Waals surface area (Å²) in [6, 6.07) is 66.8. The topological polar surface area (TPSA) is 0 Å². The molecule has 0 fully saturated rings. The average molecular weight is 583 g/mol. The molecular formula is C46H30. The fourth-order valence-corrected chi connectivity index (χ4v) is 6.85. The SMILES string of the molecule is c1ccc(-c2cc(-c3ccc4ccccc4c3)cc(-c3ccc4cc5cc(-c6ccc7ccccc7c6)ccc5cc4c3)c2)cc1. The molecule has 0 heterocycles. The van der Waals surface area contributed by atoms with Crippen LogP contribution in [0.1, 0.15) is 0 Å². The maximum absolute atomic E-state index is 2.35. The van der Waals surface area contributed by atoms with Gasteiger partial charge in [-0.1, -0.05) is 127 Å². The van der Waals surface area contributed by atoms with E-state index in [2.05, 4.69) is 182 Å². The van der Waals surface area contributed by atoms with Gasteiger partial charge >= 0.3 is 0 Å². The minimum atomic E-state index is 1.22. The third kappa shape index (κ3) is 4.82. The van der Waals surface area contributed by atoms with E-state index in [-0.39, 0.29) is 0 Å². The number of hydrogen-bond donors (Lipinski definition) is 0. The molecule has 0 aromatic heterocycles. The molecule has 0 bridgehead atoms. The second-order valence-corrected chi connectivity index (χ2v) is 12.3. The molecule has 0 atom stereocenters. The van der Waals surface area contributed by atoms with Crippen LogP contribution >= 0.6 is 0 Å². The Balaban J connectivity index is 1.14. The zero-order valence-electron chi connectivity index (χ0n) is 25.3. The van der Waals surface area contributed by atoms with Gasteiger partial charge in [0.2, 0.25) is 0 Å². The van der Waals surface area contributed by atoms with Gasteiger partial charge in [-0.15, -0.1) is 0 Å². The van der Waals surface area contributed by atoms with Crippen molar-refractivity contribution in [3.8, 4) is 44.5 Å². The Morgan fingerprint density at radius 3 is 0.957 bits per heavy atom. The first-order chi connectivity index (χ1) is 22.7. The maximum Gasteiger partial charge on any atom is -0.0171 e. The molecule has 0 spiro atoms. The van der Waals surface area contributed by atoms with Crippen LogP contribution in [0, 0.1) is 0 Å². The predicted molar refractivity (Wildman–Crippen MR) is 198 cm³/mol. The highest BCUT2D eigenvalue weighted by Gasteiger charge is 2.10. The molecule has 9 aromatic carbocycles. The Labute approximate surface area is 268 Å². The zero-order valence-corrected chi connectivity index (χ0v) is 25.3. The highest BCUT2D eigenvalue weighted by Crippen LogP contribution is 2.36. The van der Waals surface area contributed by atoms with Crippen molar-refractivity contribution in [3.05, 3.63) is 182 Å². The molecule has 214 valence electrons. The lowest BCUT2D eigenvalue weighted by Crippen LogP contribution is -1.87. The molecule has 0 radical (unpaired) electrons. The highest BCUT2D eigenvalue weighted by molar-refractivity contribution is 6.02. The molecule has 0 heteroatoms. The molecule has 0 saturated carbocycles. The normalized spacial score (nSPS) is 11.5. The van der Waals surface area contributed by atoms with Gasteiger partial charge in [0.1, 0.15) is 0 Å². The third-order valence-electron chi connectivity index (χ3n) is 9.33. The Morgan fingerprint density at radius 1 is 0.152 bits per heavy atom. The van der Waals surface area contributed by atoms with Gasteiger partial charge in [0, 0.05) is 0 Å². The van der Waals surface area contributed by atoms with Gasteiger partial charge in [-0.2, -0.15) is 0 Å². The molecule has 0 saturated heterocycles.